The highest BCUT2D eigenvalue weighted by Crippen LogP contribution is 2.23. The Morgan fingerprint density at radius 2 is 2.17 bits per heavy atom. The first-order valence-corrected chi connectivity index (χ1v) is 6.06. The normalized spacial score (nSPS) is 19.8. The van der Waals surface area contributed by atoms with Gasteiger partial charge in [0.1, 0.15) is 5.82 Å². The summed E-state index contributed by atoms with van der Waals surface area (Å²) < 4.78 is 0. The average Bonchev–Trinajstić information content (AvgIpc) is 2.33. The summed E-state index contributed by atoms with van der Waals surface area (Å²) in [7, 11) is 2.11. The van der Waals surface area contributed by atoms with Crippen molar-refractivity contribution in [1.82, 2.24) is 9.88 Å². The predicted octanol–water partition coefficient (Wildman–Crippen LogP) is 1.31. The smallest absolute Gasteiger partial charge is 0.335 e. The highest BCUT2D eigenvalue weighted by molar-refractivity contribution is 5.88. The van der Waals surface area contributed by atoms with Crippen molar-refractivity contribution in [3.8, 4) is 0 Å². The maximum Gasteiger partial charge on any atom is 0.335 e. The van der Waals surface area contributed by atoms with Gasteiger partial charge in [0.15, 0.2) is 0 Å². The number of aromatic nitrogens is 1. The summed E-state index contributed by atoms with van der Waals surface area (Å²) in [6.45, 7) is 7.03. The summed E-state index contributed by atoms with van der Waals surface area (Å²) in [6.07, 6.45) is 1.56. The van der Waals surface area contributed by atoms with Crippen molar-refractivity contribution < 1.29 is 9.90 Å². The van der Waals surface area contributed by atoms with Crippen LogP contribution in [0.15, 0.2) is 18.3 Å². The van der Waals surface area contributed by atoms with Crippen molar-refractivity contribution in [2.75, 3.05) is 31.6 Å². The van der Waals surface area contributed by atoms with Gasteiger partial charge in [-0.05, 0) is 33.0 Å². The van der Waals surface area contributed by atoms with Crippen molar-refractivity contribution >= 4 is 11.8 Å². The fourth-order valence-electron chi connectivity index (χ4n) is 2.16. The van der Waals surface area contributed by atoms with Crippen LogP contribution in [0.25, 0.3) is 0 Å². The summed E-state index contributed by atoms with van der Waals surface area (Å²) >= 11 is 0. The Labute approximate surface area is 107 Å². The largest absolute Gasteiger partial charge is 0.478 e. The van der Waals surface area contributed by atoms with Crippen LogP contribution in [0.1, 0.15) is 24.2 Å². The molecular weight excluding hydrogens is 230 g/mol. The van der Waals surface area contributed by atoms with Crippen LogP contribution in [0.4, 0.5) is 5.82 Å². The van der Waals surface area contributed by atoms with Crippen molar-refractivity contribution in [2.24, 2.45) is 0 Å². The molecule has 0 amide bonds. The highest BCUT2D eigenvalue weighted by Gasteiger charge is 2.31. The Morgan fingerprint density at radius 1 is 1.44 bits per heavy atom. The molecule has 1 N–H and O–H groups in total. The lowest BCUT2D eigenvalue weighted by molar-refractivity contribution is 0.0696. The lowest BCUT2D eigenvalue weighted by Crippen LogP contribution is -2.57. The van der Waals surface area contributed by atoms with Crippen molar-refractivity contribution in [3.05, 3.63) is 23.9 Å². The number of hydrogen-bond donors (Lipinski definition) is 1. The first kappa shape index (κ1) is 12.8. The zero-order chi connectivity index (χ0) is 13.3. The van der Waals surface area contributed by atoms with Crippen LogP contribution in [-0.4, -0.2) is 53.2 Å². The van der Waals surface area contributed by atoms with E-state index in [4.69, 9.17) is 5.11 Å². The molecule has 1 saturated heterocycles. The first-order valence-electron chi connectivity index (χ1n) is 6.06. The molecule has 0 radical (unpaired) electrons. The minimum absolute atomic E-state index is 0.0686. The Balaban J connectivity index is 2.22. The molecule has 98 valence electrons. The molecule has 2 heterocycles. The van der Waals surface area contributed by atoms with Gasteiger partial charge in [-0.2, -0.15) is 0 Å². The van der Waals surface area contributed by atoms with Crippen LogP contribution in [-0.2, 0) is 0 Å². The summed E-state index contributed by atoms with van der Waals surface area (Å²) in [5.41, 5.74) is 0.357. The maximum absolute atomic E-state index is 11.0. The molecule has 18 heavy (non-hydrogen) atoms. The van der Waals surface area contributed by atoms with E-state index in [1.807, 2.05) is 0 Å². The third-order valence-corrected chi connectivity index (χ3v) is 3.63. The van der Waals surface area contributed by atoms with E-state index in [1.165, 1.54) is 6.07 Å². The van der Waals surface area contributed by atoms with E-state index >= 15 is 0 Å². The number of rotatable bonds is 2. The van der Waals surface area contributed by atoms with E-state index < -0.39 is 5.97 Å². The topological polar surface area (TPSA) is 56.7 Å². The Kier molecular flexibility index (Phi) is 3.26. The Hall–Kier alpha value is -1.62. The third kappa shape index (κ3) is 2.46. The van der Waals surface area contributed by atoms with Gasteiger partial charge in [-0.15, -0.1) is 0 Å². The number of hydrogen-bond acceptors (Lipinski definition) is 4. The molecule has 0 atom stereocenters. The second-order valence-corrected chi connectivity index (χ2v) is 5.36. The third-order valence-electron chi connectivity index (χ3n) is 3.63. The summed E-state index contributed by atoms with van der Waals surface area (Å²) in [5, 5.41) is 9.00. The molecule has 0 aromatic carbocycles. The predicted molar refractivity (Wildman–Crippen MR) is 70.1 cm³/mol. The van der Waals surface area contributed by atoms with Gasteiger partial charge in [0, 0.05) is 31.4 Å². The van der Waals surface area contributed by atoms with Gasteiger partial charge in [0.2, 0.25) is 0 Å². The van der Waals surface area contributed by atoms with Crippen molar-refractivity contribution in [3.63, 3.8) is 0 Å². The van der Waals surface area contributed by atoms with Crippen molar-refractivity contribution in [1.29, 1.82) is 0 Å². The fraction of sp³-hybridized carbons (Fsp3) is 0.538. The van der Waals surface area contributed by atoms with Gasteiger partial charge in [-0.3, -0.25) is 4.90 Å². The lowest BCUT2D eigenvalue weighted by Gasteiger charge is -2.45. The van der Waals surface area contributed by atoms with Gasteiger partial charge in [-0.1, -0.05) is 0 Å². The van der Waals surface area contributed by atoms with Crippen molar-refractivity contribution in [2.45, 2.75) is 19.4 Å². The number of nitrogens with zero attached hydrogens (tertiary/aromatic N) is 3. The lowest BCUT2D eigenvalue weighted by atomic mass is 10.00. The van der Waals surface area contributed by atoms with Crippen LogP contribution >= 0.6 is 0 Å². The molecular formula is C13H19N3O2. The fourth-order valence-corrected chi connectivity index (χ4v) is 2.16. The number of carboxylic acids is 1. The highest BCUT2D eigenvalue weighted by atomic mass is 16.4. The minimum atomic E-state index is -0.910. The SMILES string of the molecule is CN1CCN(c2cc(C(=O)O)ccn2)CC1(C)C. The Morgan fingerprint density at radius 3 is 2.78 bits per heavy atom. The monoisotopic (exact) mass is 249 g/mol. The molecule has 5 heteroatoms. The molecule has 1 aromatic rings. The zero-order valence-corrected chi connectivity index (χ0v) is 11.1. The molecule has 1 fully saturated rings. The number of carboxylic acid groups (broad SMARTS) is 1. The summed E-state index contributed by atoms with van der Waals surface area (Å²) in [4.78, 5) is 19.7. The summed E-state index contributed by atoms with van der Waals surface area (Å²) in [5.74, 6) is -0.164. The molecule has 1 aromatic heterocycles. The van der Waals surface area contributed by atoms with E-state index in [1.54, 1.807) is 12.3 Å². The molecule has 2 rings (SSSR count). The van der Waals surface area contributed by atoms with Crippen LogP contribution in [0, 0.1) is 0 Å². The van der Waals surface area contributed by atoms with Crippen LogP contribution in [0.5, 0.6) is 0 Å². The van der Waals surface area contributed by atoms with Gasteiger partial charge >= 0.3 is 5.97 Å². The second kappa shape index (κ2) is 4.57. The number of pyridine rings is 1. The number of aromatic carboxylic acids is 1. The Bertz CT molecular complexity index is 459. The summed E-state index contributed by atoms with van der Waals surface area (Å²) in [6, 6.07) is 3.16. The van der Waals surface area contributed by atoms with Crippen LogP contribution < -0.4 is 4.90 Å². The quantitative estimate of drug-likeness (QED) is 0.856. The van der Waals surface area contributed by atoms with Gasteiger partial charge in [0.25, 0.3) is 0 Å². The van der Waals surface area contributed by atoms with E-state index in [-0.39, 0.29) is 11.1 Å². The molecule has 0 bridgehead atoms. The number of carbonyl (C=O) groups is 1. The van der Waals surface area contributed by atoms with Crippen LogP contribution in [0.2, 0.25) is 0 Å². The maximum atomic E-state index is 11.0. The van der Waals surface area contributed by atoms with E-state index in [2.05, 4.69) is 35.7 Å². The number of anilines is 1. The van der Waals surface area contributed by atoms with Gasteiger partial charge in [-0.25, -0.2) is 9.78 Å². The zero-order valence-electron chi connectivity index (χ0n) is 11.1. The van der Waals surface area contributed by atoms with E-state index in [9.17, 15) is 4.79 Å². The molecule has 0 spiro atoms. The minimum Gasteiger partial charge on any atom is -0.478 e. The first-order chi connectivity index (χ1) is 8.40. The number of piperazine rings is 1. The molecule has 0 aliphatic carbocycles. The average molecular weight is 249 g/mol. The molecule has 5 nitrogen and oxygen atoms in total. The molecule has 0 unspecified atom stereocenters. The van der Waals surface area contributed by atoms with E-state index in [0.29, 0.717) is 0 Å². The van der Waals surface area contributed by atoms with Gasteiger partial charge in [0.05, 0.1) is 5.56 Å². The van der Waals surface area contributed by atoms with Gasteiger partial charge < -0.3 is 10.0 Å². The molecule has 1 aliphatic heterocycles. The van der Waals surface area contributed by atoms with E-state index in [0.717, 1.165) is 25.5 Å². The molecule has 1 aliphatic rings. The number of likely N-dealkylation sites (N-methyl/N-ethyl adjacent to an activating group) is 1. The second-order valence-electron chi connectivity index (χ2n) is 5.36. The standard InChI is InChI=1S/C13H19N3O2/c1-13(2)9-16(7-6-15(13)3)11-8-10(12(17)18)4-5-14-11/h4-5,8H,6-7,9H2,1-3H3,(H,17,18). The van der Waals surface area contributed by atoms with Crippen LogP contribution in [0.3, 0.4) is 0 Å². The molecule has 0 saturated carbocycles.